The quantitative estimate of drug-likeness (QED) is 0.588. The van der Waals surface area contributed by atoms with Gasteiger partial charge in [0.1, 0.15) is 24.8 Å². The fourth-order valence-corrected chi connectivity index (χ4v) is 3.83. The van der Waals surface area contributed by atoms with Crippen molar-refractivity contribution >= 4 is 28.9 Å². The van der Waals surface area contributed by atoms with Crippen molar-refractivity contribution in [3.8, 4) is 22.1 Å². The van der Waals surface area contributed by atoms with Gasteiger partial charge < -0.3 is 14.2 Å². The zero-order chi connectivity index (χ0) is 18.6. The molecule has 0 bridgehead atoms. The maximum atomic E-state index is 12.2. The van der Waals surface area contributed by atoms with Crippen LogP contribution < -0.4 is 9.47 Å². The van der Waals surface area contributed by atoms with Crippen LogP contribution in [0.3, 0.4) is 0 Å². The van der Waals surface area contributed by atoms with E-state index < -0.39 is 0 Å². The van der Waals surface area contributed by atoms with E-state index in [-0.39, 0.29) is 19.0 Å². The molecule has 0 aliphatic carbocycles. The molecule has 138 valence electrons. The van der Waals surface area contributed by atoms with Crippen LogP contribution in [0.25, 0.3) is 10.6 Å². The van der Waals surface area contributed by atoms with E-state index in [1.54, 1.807) is 12.1 Å². The molecule has 2 heterocycles. The molecule has 0 radical (unpaired) electrons. The van der Waals surface area contributed by atoms with Gasteiger partial charge in [0.05, 0.1) is 17.1 Å². The van der Waals surface area contributed by atoms with Crippen molar-refractivity contribution in [3.63, 3.8) is 0 Å². The summed E-state index contributed by atoms with van der Waals surface area (Å²) < 4.78 is 16.4. The van der Waals surface area contributed by atoms with Crippen LogP contribution in [0, 0.1) is 0 Å². The number of aromatic nitrogens is 1. The molecule has 4 rings (SSSR count). The molecular weight excluding hydrogens is 386 g/mol. The van der Waals surface area contributed by atoms with Gasteiger partial charge in [-0.15, -0.1) is 11.3 Å². The third-order valence-corrected chi connectivity index (χ3v) is 5.18. The average molecular weight is 402 g/mol. The van der Waals surface area contributed by atoms with E-state index in [1.165, 1.54) is 11.3 Å². The van der Waals surface area contributed by atoms with Crippen molar-refractivity contribution in [3.05, 3.63) is 64.1 Å². The molecule has 7 heteroatoms. The van der Waals surface area contributed by atoms with Crippen LogP contribution in [-0.2, 0) is 22.6 Å². The second-order valence-electron chi connectivity index (χ2n) is 5.95. The molecule has 0 N–H and O–H groups in total. The third-order valence-electron chi connectivity index (χ3n) is 3.95. The first kappa shape index (κ1) is 17.8. The number of nitrogens with zero attached hydrogens (tertiary/aromatic N) is 1. The number of rotatable bonds is 5. The Labute approximate surface area is 165 Å². The summed E-state index contributed by atoms with van der Waals surface area (Å²) in [6.07, 6.45) is 0.127. The molecule has 1 aliphatic heterocycles. The Hall–Kier alpha value is -2.57. The van der Waals surface area contributed by atoms with E-state index in [4.69, 9.17) is 25.8 Å². The lowest BCUT2D eigenvalue weighted by atomic mass is 10.2. The number of hydrogen-bond donors (Lipinski definition) is 0. The minimum absolute atomic E-state index is 0.116. The molecule has 0 fully saturated rings. The van der Waals surface area contributed by atoms with Crippen molar-refractivity contribution in [1.82, 2.24) is 4.98 Å². The zero-order valence-electron chi connectivity index (χ0n) is 14.3. The molecule has 2 aromatic carbocycles. The molecule has 0 spiro atoms. The molecule has 0 unspecified atom stereocenters. The summed E-state index contributed by atoms with van der Waals surface area (Å²) in [6.45, 7) is 1.06. The monoisotopic (exact) mass is 401 g/mol. The first-order valence-corrected chi connectivity index (χ1v) is 9.68. The maximum Gasteiger partial charge on any atom is 0.312 e. The number of esters is 1. The Morgan fingerprint density at radius 3 is 2.85 bits per heavy atom. The number of carbonyl (C=O) groups is 1. The number of carbonyl (C=O) groups excluding carboxylic acids is 1. The first-order valence-electron chi connectivity index (χ1n) is 8.42. The van der Waals surface area contributed by atoms with Gasteiger partial charge in [-0.25, -0.2) is 4.98 Å². The highest BCUT2D eigenvalue weighted by Gasteiger charge is 2.17. The van der Waals surface area contributed by atoms with Gasteiger partial charge in [-0.3, -0.25) is 4.79 Å². The van der Waals surface area contributed by atoms with Gasteiger partial charge in [0, 0.05) is 10.9 Å². The Morgan fingerprint density at radius 2 is 2.00 bits per heavy atom. The van der Waals surface area contributed by atoms with E-state index in [2.05, 4.69) is 4.98 Å². The molecule has 1 aromatic heterocycles. The fourth-order valence-electron chi connectivity index (χ4n) is 2.71. The predicted molar refractivity (Wildman–Crippen MR) is 103 cm³/mol. The Balaban J connectivity index is 1.36. The minimum atomic E-state index is -0.342. The highest BCUT2D eigenvalue weighted by molar-refractivity contribution is 7.13. The Bertz CT molecular complexity index is 958. The number of halogens is 1. The van der Waals surface area contributed by atoms with Gasteiger partial charge in [-0.05, 0) is 17.7 Å². The normalized spacial score (nSPS) is 12.6. The summed E-state index contributed by atoms with van der Waals surface area (Å²) >= 11 is 7.71. The summed E-state index contributed by atoms with van der Waals surface area (Å²) in [7, 11) is 0. The average Bonchev–Trinajstić information content (AvgIpc) is 3.16. The Morgan fingerprint density at radius 1 is 1.19 bits per heavy atom. The van der Waals surface area contributed by atoms with Gasteiger partial charge in [-0.1, -0.05) is 41.9 Å². The van der Waals surface area contributed by atoms with Crippen molar-refractivity contribution in [2.45, 2.75) is 13.0 Å². The lowest BCUT2D eigenvalue weighted by molar-refractivity contribution is -0.144. The third kappa shape index (κ3) is 4.23. The van der Waals surface area contributed by atoms with Crippen LogP contribution in [0.15, 0.2) is 47.8 Å². The molecule has 0 saturated carbocycles. The van der Waals surface area contributed by atoms with E-state index >= 15 is 0 Å². The van der Waals surface area contributed by atoms with Crippen LogP contribution >= 0.6 is 22.9 Å². The number of benzene rings is 2. The van der Waals surface area contributed by atoms with Crippen LogP contribution in [-0.4, -0.2) is 24.2 Å². The van der Waals surface area contributed by atoms with Gasteiger partial charge in [0.15, 0.2) is 11.5 Å². The summed E-state index contributed by atoms with van der Waals surface area (Å²) in [4.78, 5) is 16.7. The van der Waals surface area contributed by atoms with E-state index in [0.717, 1.165) is 16.1 Å². The lowest BCUT2D eigenvalue weighted by Gasteiger charge is -2.20. The molecule has 0 amide bonds. The smallest absolute Gasteiger partial charge is 0.312 e. The largest absolute Gasteiger partial charge is 0.486 e. The maximum absolute atomic E-state index is 12.2. The van der Waals surface area contributed by atoms with Crippen LogP contribution in [0.1, 0.15) is 11.3 Å². The van der Waals surface area contributed by atoms with Crippen LogP contribution in [0.5, 0.6) is 11.5 Å². The standard InChI is InChI=1S/C20H16ClNO4S/c21-16-8-13(9-17-19(16)25-7-6-24-17)11-26-18(23)10-15-12-27-20(22-15)14-4-2-1-3-5-14/h1-5,8-9,12H,6-7,10-11H2. The Kier molecular flexibility index (Phi) is 5.27. The van der Waals surface area contributed by atoms with Crippen molar-refractivity contribution in [2.24, 2.45) is 0 Å². The van der Waals surface area contributed by atoms with Gasteiger partial charge in [0.25, 0.3) is 0 Å². The van der Waals surface area contributed by atoms with Gasteiger partial charge in [-0.2, -0.15) is 0 Å². The van der Waals surface area contributed by atoms with Gasteiger partial charge >= 0.3 is 5.97 Å². The molecule has 0 saturated heterocycles. The number of fused-ring (bicyclic) bond motifs is 1. The summed E-state index contributed by atoms with van der Waals surface area (Å²) in [5.74, 6) is 0.770. The fraction of sp³-hybridized carbons (Fsp3) is 0.200. The second-order valence-corrected chi connectivity index (χ2v) is 7.21. The van der Waals surface area contributed by atoms with E-state index in [9.17, 15) is 4.79 Å². The molecule has 5 nitrogen and oxygen atoms in total. The number of hydrogen-bond acceptors (Lipinski definition) is 6. The van der Waals surface area contributed by atoms with Crippen LogP contribution in [0.2, 0.25) is 5.02 Å². The highest BCUT2D eigenvalue weighted by atomic mass is 35.5. The minimum Gasteiger partial charge on any atom is -0.486 e. The highest BCUT2D eigenvalue weighted by Crippen LogP contribution is 2.38. The topological polar surface area (TPSA) is 57.7 Å². The molecular formula is C20H16ClNO4S. The first-order chi connectivity index (χ1) is 13.2. The van der Waals surface area contributed by atoms with E-state index in [0.29, 0.717) is 35.4 Å². The summed E-state index contributed by atoms with van der Waals surface area (Å²) in [6, 6.07) is 13.4. The van der Waals surface area contributed by atoms with E-state index in [1.807, 2.05) is 35.7 Å². The summed E-state index contributed by atoms with van der Waals surface area (Å²) in [5.41, 5.74) is 2.48. The predicted octanol–water partition coefficient (Wildman–Crippen LogP) is 4.52. The zero-order valence-corrected chi connectivity index (χ0v) is 15.9. The molecule has 3 aromatic rings. The molecule has 0 atom stereocenters. The van der Waals surface area contributed by atoms with Crippen molar-refractivity contribution in [2.75, 3.05) is 13.2 Å². The lowest BCUT2D eigenvalue weighted by Crippen LogP contribution is -2.16. The molecule has 27 heavy (non-hydrogen) atoms. The number of ether oxygens (including phenoxy) is 3. The molecule has 1 aliphatic rings. The van der Waals surface area contributed by atoms with Crippen LogP contribution in [0.4, 0.5) is 0 Å². The van der Waals surface area contributed by atoms with Gasteiger partial charge in [0.2, 0.25) is 0 Å². The summed E-state index contributed by atoms with van der Waals surface area (Å²) in [5, 5.41) is 3.21. The van der Waals surface area contributed by atoms with Crippen molar-refractivity contribution < 1.29 is 19.0 Å². The SMILES string of the molecule is O=C(Cc1csc(-c2ccccc2)n1)OCc1cc(Cl)c2c(c1)OCCO2. The second kappa shape index (κ2) is 7.98. The number of thiazole rings is 1. The van der Waals surface area contributed by atoms with Crippen molar-refractivity contribution in [1.29, 1.82) is 0 Å².